The number of hydrogen-bond donors (Lipinski definition) is 2. The molecule has 1 aliphatic carbocycles. The number of allylic oxidation sites excluding steroid dienone is 2. The monoisotopic (exact) mass is 352 g/mol. The number of unbranched alkanes of at least 4 members (excludes halogenated alkanes) is 2. The van der Waals surface area contributed by atoms with E-state index in [9.17, 15) is 10.2 Å². The molecular formula is C22H28N2O2. The molecule has 2 aromatic rings. The lowest BCUT2D eigenvalue weighted by molar-refractivity contribution is 0.428. The second-order valence-electron chi connectivity index (χ2n) is 7.29. The fraction of sp³-hybridized carbons (Fsp3) is 0.455. The van der Waals surface area contributed by atoms with Gasteiger partial charge in [-0.2, -0.15) is 0 Å². The van der Waals surface area contributed by atoms with E-state index in [-0.39, 0.29) is 17.4 Å². The number of nitrogens with zero attached hydrogens (tertiary/aromatic N) is 2. The first-order chi connectivity index (χ1) is 12.6. The lowest BCUT2D eigenvalue weighted by Gasteiger charge is -2.24. The van der Waals surface area contributed by atoms with E-state index in [4.69, 9.17) is 0 Å². The molecular weight excluding hydrogens is 324 g/mol. The Balaban J connectivity index is 2.11. The number of hydrogen-bond acceptors (Lipinski definition) is 4. The smallest absolute Gasteiger partial charge is 0.131 e. The van der Waals surface area contributed by atoms with E-state index in [0.29, 0.717) is 5.56 Å². The Labute approximate surface area is 155 Å². The van der Waals surface area contributed by atoms with Gasteiger partial charge >= 0.3 is 0 Å². The molecule has 3 rings (SSSR count). The molecule has 0 saturated heterocycles. The van der Waals surface area contributed by atoms with Gasteiger partial charge in [-0.1, -0.05) is 31.4 Å². The van der Waals surface area contributed by atoms with Crippen LogP contribution < -0.4 is 0 Å². The first-order valence-electron chi connectivity index (χ1n) is 9.62. The maximum absolute atomic E-state index is 11.2. The number of phenolic OH excluding ortho intramolecular Hbond substituents is 2. The van der Waals surface area contributed by atoms with E-state index in [0.717, 1.165) is 61.6 Å². The zero-order valence-corrected chi connectivity index (χ0v) is 15.7. The molecule has 1 aromatic carbocycles. The van der Waals surface area contributed by atoms with E-state index < -0.39 is 0 Å². The summed E-state index contributed by atoms with van der Waals surface area (Å²) in [4.78, 5) is 8.24. The number of aryl methyl sites for hydroxylation is 1. The molecule has 26 heavy (non-hydrogen) atoms. The molecule has 1 aromatic heterocycles. The molecule has 0 fully saturated rings. The Morgan fingerprint density at radius 3 is 2.62 bits per heavy atom. The van der Waals surface area contributed by atoms with Crippen LogP contribution in [0.2, 0.25) is 0 Å². The highest BCUT2D eigenvalue weighted by Gasteiger charge is 2.25. The van der Waals surface area contributed by atoms with Gasteiger partial charge in [-0.3, -0.25) is 0 Å². The van der Waals surface area contributed by atoms with Crippen LogP contribution in [-0.2, 0) is 6.42 Å². The summed E-state index contributed by atoms with van der Waals surface area (Å²) in [7, 11) is 0. The summed E-state index contributed by atoms with van der Waals surface area (Å²) in [5.41, 5.74) is 4.49. The Kier molecular flexibility index (Phi) is 5.92. The molecule has 0 bridgehead atoms. The lowest BCUT2D eigenvalue weighted by atomic mass is 9.82. The average molecular weight is 352 g/mol. The van der Waals surface area contributed by atoms with Crippen molar-refractivity contribution in [3.05, 3.63) is 47.6 Å². The highest BCUT2D eigenvalue weighted by atomic mass is 16.3. The van der Waals surface area contributed by atoms with Crippen molar-refractivity contribution < 1.29 is 10.2 Å². The summed E-state index contributed by atoms with van der Waals surface area (Å²) in [5.74, 6) is 0.435. The Bertz CT molecular complexity index is 784. The molecule has 2 N–H and O–H groups in total. The number of rotatable bonds is 6. The molecule has 0 spiro atoms. The summed E-state index contributed by atoms with van der Waals surface area (Å²) in [5, 5.41) is 21.9. The Morgan fingerprint density at radius 1 is 1.15 bits per heavy atom. The quantitative estimate of drug-likeness (QED) is 0.532. The molecule has 4 heteroatoms. The third-order valence-electron chi connectivity index (χ3n) is 5.24. The third-order valence-corrected chi connectivity index (χ3v) is 5.24. The molecule has 4 nitrogen and oxygen atoms in total. The topological polar surface area (TPSA) is 66.2 Å². The van der Waals surface area contributed by atoms with E-state index in [1.807, 2.05) is 6.07 Å². The van der Waals surface area contributed by atoms with Gasteiger partial charge in [-0.05, 0) is 50.7 Å². The number of benzene rings is 1. The van der Waals surface area contributed by atoms with Crippen LogP contribution >= 0.6 is 0 Å². The molecule has 1 heterocycles. The van der Waals surface area contributed by atoms with Crippen LogP contribution in [0, 0.1) is 0 Å². The van der Waals surface area contributed by atoms with Gasteiger partial charge in [0.25, 0.3) is 0 Å². The van der Waals surface area contributed by atoms with Gasteiger partial charge in [-0.25, -0.2) is 9.97 Å². The SMILES string of the molecule is CCCCCc1cc(O)c(C2C=C(C)CCC2)c(O)c1-c1cncnc1. The maximum Gasteiger partial charge on any atom is 0.131 e. The summed E-state index contributed by atoms with van der Waals surface area (Å²) in [6.07, 6.45) is 14.3. The van der Waals surface area contributed by atoms with E-state index in [1.165, 1.54) is 11.9 Å². The first kappa shape index (κ1) is 18.4. The fourth-order valence-electron chi connectivity index (χ4n) is 3.94. The van der Waals surface area contributed by atoms with Crippen molar-refractivity contribution in [1.29, 1.82) is 0 Å². The van der Waals surface area contributed by atoms with Crippen molar-refractivity contribution in [3.8, 4) is 22.6 Å². The van der Waals surface area contributed by atoms with Crippen LogP contribution in [-0.4, -0.2) is 20.2 Å². The van der Waals surface area contributed by atoms with Gasteiger partial charge in [0.05, 0.1) is 0 Å². The van der Waals surface area contributed by atoms with Crippen LogP contribution in [0.25, 0.3) is 11.1 Å². The zero-order chi connectivity index (χ0) is 18.5. The first-order valence-corrected chi connectivity index (χ1v) is 9.62. The van der Waals surface area contributed by atoms with Gasteiger partial charge in [-0.15, -0.1) is 0 Å². The van der Waals surface area contributed by atoms with Crippen molar-refractivity contribution in [1.82, 2.24) is 9.97 Å². The van der Waals surface area contributed by atoms with E-state index in [1.54, 1.807) is 12.4 Å². The Morgan fingerprint density at radius 2 is 1.92 bits per heavy atom. The van der Waals surface area contributed by atoms with Crippen LogP contribution in [0.5, 0.6) is 11.5 Å². The second kappa shape index (κ2) is 8.35. The molecule has 1 aliphatic rings. The predicted octanol–water partition coefficient (Wildman–Crippen LogP) is 5.50. The van der Waals surface area contributed by atoms with Gasteiger partial charge in [0.15, 0.2) is 0 Å². The molecule has 0 amide bonds. The van der Waals surface area contributed by atoms with Crippen molar-refractivity contribution >= 4 is 0 Å². The van der Waals surface area contributed by atoms with Gasteiger partial charge in [0.2, 0.25) is 0 Å². The minimum absolute atomic E-state index is 0.0526. The minimum Gasteiger partial charge on any atom is -0.507 e. The molecule has 138 valence electrons. The van der Waals surface area contributed by atoms with Crippen molar-refractivity contribution in [2.24, 2.45) is 0 Å². The van der Waals surface area contributed by atoms with Gasteiger partial charge in [0.1, 0.15) is 17.8 Å². The number of aromatic hydroxyl groups is 2. The largest absolute Gasteiger partial charge is 0.507 e. The molecule has 0 saturated carbocycles. The van der Waals surface area contributed by atoms with Crippen LogP contribution in [0.15, 0.2) is 36.4 Å². The van der Waals surface area contributed by atoms with Crippen molar-refractivity contribution in [2.45, 2.75) is 64.7 Å². The fourth-order valence-corrected chi connectivity index (χ4v) is 3.94. The van der Waals surface area contributed by atoms with E-state index in [2.05, 4.69) is 29.9 Å². The standard InChI is InChI=1S/C22H28N2O2/c1-3-4-5-8-17-11-19(25)21(16-9-6-7-15(2)10-16)22(26)20(17)18-12-23-14-24-13-18/h10-14,16,25-26H,3-9H2,1-2H3. The number of phenols is 2. The highest BCUT2D eigenvalue weighted by Crippen LogP contribution is 2.47. The summed E-state index contributed by atoms with van der Waals surface area (Å²) < 4.78 is 0. The predicted molar refractivity (Wildman–Crippen MR) is 104 cm³/mol. The third kappa shape index (κ3) is 3.90. The average Bonchev–Trinajstić information content (AvgIpc) is 2.62. The highest BCUT2D eigenvalue weighted by molar-refractivity contribution is 5.77. The van der Waals surface area contributed by atoms with Gasteiger partial charge in [0, 0.05) is 35.0 Å². The summed E-state index contributed by atoms with van der Waals surface area (Å²) in [6, 6.07) is 1.84. The summed E-state index contributed by atoms with van der Waals surface area (Å²) in [6.45, 7) is 4.28. The van der Waals surface area contributed by atoms with E-state index >= 15 is 0 Å². The lowest BCUT2D eigenvalue weighted by Crippen LogP contribution is -2.05. The van der Waals surface area contributed by atoms with Crippen LogP contribution in [0.4, 0.5) is 0 Å². The maximum atomic E-state index is 11.2. The molecule has 1 atom stereocenters. The second-order valence-corrected chi connectivity index (χ2v) is 7.29. The molecule has 0 aliphatic heterocycles. The normalized spacial score (nSPS) is 17.2. The molecule has 0 radical (unpaired) electrons. The van der Waals surface area contributed by atoms with Crippen LogP contribution in [0.1, 0.15) is 69.4 Å². The minimum atomic E-state index is 0.0526. The van der Waals surface area contributed by atoms with Gasteiger partial charge < -0.3 is 10.2 Å². The van der Waals surface area contributed by atoms with Crippen molar-refractivity contribution in [2.75, 3.05) is 0 Å². The van der Waals surface area contributed by atoms with Crippen LogP contribution in [0.3, 0.4) is 0 Å². The zero-order valence-electron chi connectivity index (χ0n) is 15.7. The Hall–Kier alpha value is -2.36. The molecule has 1 unspecified atom stereocenters. The van der Waals surface area contributed by atoms with Crippen molar-refractivity contribution in [3.63, 3.8) is 0 Å². The summed E-state index contributed by atoms with van der Waals surface area (Å²) >= 11 is 0. The number of aromatic nitrogens is 2.